The molecule has 2 N–H and O–H groups in total. The summed E-state index contributed by atoms with van der Waals surface area (Å²) in [5, 5.41) is 6.09. The maximum atomic E-state index is 12.1. The number of urea groups is 1. The molecule has 1 aliphatic carbocycles. The lowest BCUT2D eigenvalue weighted by molar-refractivity contribution is 0.0387. The molecule has 0 spiro atoms. The lowest BCUT2D eigenvalue weighted by Crippen LogP contribution is -2.46. The number of hydrogen-bond donors (Lipinski definition) is 2. The van der Waals surface area contributed by atoms with Crippen molar-refractivity contribution in [3.05, 3.63) is 29.8 Å². The predicted molar refractivity (Wildman–Crippen MR) is 87.7 cm³/mol. The molecular weight excluding hydrogens is 294 g/mol. The van der Waals surface area contributed by atoms with Crippen molar-refractivity contribution in [3.63, 3.8) is 0 Å². The number of hydrogen-bond acceptors (Lipinski definition) is 4. The highest BCUT2D eigenvalue weighted by Gasteiger charge is 2.45. The summed E-state index contributed by atoms with van der Waals surface area (Å²) in [5.74, 6) is 0.833. The van der Waals surface area contributed by atoms with Crippen molar-refractivity contribution in [1.29, 1.82) is 0 Å². The van der Waals surface area contributed by atoms with Gasteiger partial charge < -0.3 is 20.1 Å². The molecule has 23 heavy (non-hydrogen) atoms. The highest BCUT2D eigenvalue weighted by Crippen LogP contribution is 2.45. The molecule has 0 bridgehead atoms. The van der Waals surface area contributed by atoms with E-state index in [4.69, 9.17) is 9.47 Å². The van der Waals surface area contributed by atoms with E-state index in [2.05, 4.69) is 15.5 Å². The van der Waals surface area contributed by atoms with Crippen LogP contribution in [0.4, 0.5) is 4.79 Å². The van der Waals surface area contributed by atoms with E-state index in [-0.39, 0.29) is 11.6 Å². The van der Waals surface area contributed by atoms with Gasteiger partial charge in [0.1, 0.15) is 5.75 Å². The molecule has 1 aliphatic heterocycles. The van der Waals surface area contributed by atoms with Crippen LogP contribution in [-0.4, -0.2) is 57.4 Å². The van der Waals surface area contributed by atoms with Gasteiger partial charge in [-0.1, -0.05) is 12.1 Å². The van der Waals surface area contributed by atoms with Gasteiger partial charge in [0.05, 0.1) is 25.9 Å². The molecule has 1 aromatic rings. The van der Waals surface area contributed by atoms with Crippen LogP contribution in [0.25, 0.3) is 0 Å². The molecule has 0 radical (unpaired) electrons. The minimum absolute atomic E-state index is 0.0911. The Morgan fingerprint density at radius 1 is 1.26 bits per heavy atom. The molecule has 0 unspecified atom stereocenters. The third-order valence-electron chi connectivity index (χ3n) is 4.56. The molecule has 0 atom stereocenters. The number of carbonyl (C=O) groups is 1. The number of rotatable bonds is 6. The maximum absolute atomic E-state index is 12.1. The van der Waals surface area contributed by atoms with Crippen molar-refractivity contribution in [2.75, 3.05) is 46.5 Å². The number of nitrogens with zero attached hydrogens (tertiary/aromatic N) is 1. The maximum Gasteiger partial charge on any atom is 0.315 e. The molecule has 1 heterocycles. The number of nitrogens with one attached hydrogen (secondary N) is 2. The van der Waals surface area contributed by atoms with Crippen LogP contribution in [-0.2, 0) is 10.3 Å². The molecule has 3 rings (SSSR count). The number of methoxy groups -OCH3 is 1. The predicted octanol–water partition coefficient (Wildman–Crippen LogP) is 1.32. The Kier molecular flexibility index (Phi) is 5.03. The molecule has 6 nitrogen and oxygen atoms in total. The monoisotopic (exact) mass is 319 g/mol. The van der Waals surface area contributed by atoms with Crippen LogP contribution in [0.1, 0.15) is 18.4 Å². The van der Waals surface area contributed by atoms with Gasteiger partial charge in [0.15, 0.2) is 0 Å². The minimum Gasteiger partial charge on any atom is -0.497 e. The summed E-state index contributed by atoms with van der Waals surface area (Å²) in [6.07, 6.45) is 1.96. The van der Waals surface area contributed by atoms with Gasteiger partial charge in [0.25, 0.3) is 0 Å². The van der Waals surface area contributed by atoms with E-state index in [0.717, 1.165) is 57.0 Å². The number of benzene rings is 1. The van der Waals surface area contributed by atoms with Gasteiger partial charge in [-0.15, -0.1) is 0 Å². The minimum atomic E-state index is -0.199. The quantitative estimate of drug-likeness (QED) is 0.830. The van der Waals surface area contributed by atoms with Crippen molar-refractivity contribution in [1.82, 2.24) is 15.5 Å². The fraction of sp³-hybridized carbons (Fsp3) is 0.588. The van der Waals surface area contributed by atoms with Crippen LogP contribution < -0.4 is 15.4 Å². The summed E-state index contributed by atoms with van der Waals surface area (Å²) in [6, 6.07) is 7.84. The second kappa shape index (κ2) is 7.19. The second-order valence-corrected chi connectivity index (χ2v) is 6.15. The third-order valence-corrected chi connectivity index (χ3v) is 4.56. The molecule has 1 aromatic carbocycles. The van der Waals surface area contributed by atoms with E-state index >= 15 is 0 Å². The Bertz CT molecular complexity index is 522. The van der Waals surface area contributed by atoms with E-state index in [1.165, 1.54) is 0 Å². The number of carbonyl (C=O) groups excluding carboxylic acids is 1. The number of ether oxygens (including phenoxy) is 2. The van der Waals surface area contributed by atoms with Crippen LogP contribution in [0.5, 0.6) is 5.75 Å². The lowest BCUT2D eigenvalue weighted by atomic mass is 10.1. The van der Waals surface area contributed by atoms with Crippen molar-refractivity contribution in [2.24, 2.45) is 0 Å². The van der Waals surface area contributed by atoms with E-state index < -0.39 is 0 Å². The van der Waals surface area contributed by atoms with E-state index in [0.29, 0.717) is 6.54 Å². The smallest absolute Gasteiger partial charge is 0.315 e. The summed E-state index contributed by atoms with van der Waals surface area (Å²) < 4.78 is 10.5. The molecule has 1 saturated heterocycles. The largest absolute Gasteiger partial charge is 0.497 e. The van der Waals surface area contributed by atoms with Crippen molar-refractivity contribution in [3.8, 4) is 5.75 Å². The Balaban J connectivity index is 1.45. The molecular formula is C17H25N3O3. The fourth-order valence-corrected chi connectivity index (χ4v) is 2.93. The molecule has 1 saturated carbocycles. The van der Waals surface area contributed by atoms with E-state index in [9.17, 15) is 4.79 Å². The van der Waals surface area contributed by atoms with Crippen LogP contribution in [0.15, 0.2) is 24.3 Å². The van der Waals surface area contributed by atoms with Gasteiger partial charge >= 0.3 is 6.03 Å². The number of amides is 2. The standard InChI is InChI=1S/C17H25N3O3/c1-22-15-4-2-14(3-5-15)17(6-7-17)19-16(21)18-8-9-20-10-12-23-13-11-20/h2-5H,6-13H2,1H3,(H2,18,19,21). The summed E-state index contributed by atoms with van der Waals surface area (Å²) in [5.41, 5.74) is 0.941. The first-order chi connectivity index (χ1) is 11.2. The highest BCUT2D eigenvalue weighted by molar-refractivity contribution is 5.75. The molecule has 2 aliphatic rings. The van der Waals surface area contributed by atoms with Gasteiger partial charge in [0, 0.05) is 26.2 Å². The van der Waals surface area contributed by atoms with Crippen LogP contribution in [0.3, 0.4) is 0 Å². The molecule has 2 fully saturated rings. The average molecular weight is 319 g/mol. The van der Waals surface area contributed by atoms with Crippen molar-refractivity contribution < 1.29 is 14.3 Å². The molecule has 2 amide bonds. The first-order valence-corrected chi connectivity index (χ1v) is 8.22. The zero-order valence-corrected chi connectivity index (χ0v) is 13.6. The van der Waals surface area contributed by atoms with Crippen LogP contribution >= 0.6 is 0 Å². The molecule has 6 heteroatoms. The van der Waals surface area contributed by atoms with Gasteiger partial charge in [-0.05, 0) is 30.5 Å². The average Bonchev–Trinajstić information content (AvgIpc) is 3.36. The zero-order valence-electron chi connectivity index (χ0n) is 13.6. The van der Waals surface area contributed by atoms with Crippen LogP contribution in [0.2, 0.25) is 0 Å². The van der Waals surface area contributed by atoms with E-state index in [1.54, 1.807) is 7.11 Å². The van der Waals surface area contributed by atoms with Crippen LogP contribution in [0, 0.1) is 0 Å². The summed E-state index contributed by atoms with van der Waals surface area (Å²) in [6.45, 7) is 4.98. The third kappa shape index (κ3) is 4.14. The Labute approximate surface area is 137 Å². The first kappa shape index (κ1) is 16.1. The lowest BCUT2D eigenvalue weighted by Gasteiger charge is -2.26. The molecule has 0 aromatic heterocycles. The van der Waals surface area contributed by atoms with Gasteiger partial charge in [-0.2, -0.15) is 0 Å². The Hall–Kier alpha value is -1.79. The summed E-state index contributed by atoms with van der Waals surface area (Å²) in [4.78, 5) is 14.5. The fourth-order valence-electron chi connectivity index (χ4n) is 2.93. The van der Waals surface area contributed by atoms with Crippen molar-refractivity contribution >= 4 is 6.03 Å². The Morgan fingerprint density at radius 2 is 1.96 bits per heavy atom. The number of morpholine rings is 1. The van der Waals surface area contributed by atoms with Crippen molar-refractivity contribution in [2.45, 2.75) is 18.4 Å². The Morgan fingerprint density at radius 3 is 2.57 bits per heavy atom. The van der Waals surface area contributed by atoms with Gasteiger partial charge in [-0.3, -0.25) is 4.90 Å². The second-order valence-electron chi connectivity index (χ2n) is 6.15. The summed E-state index contributed by atoms with van der Waals surface area (Å²) in [7, 11) is 1.65. The SMILES string of the molecule is COc1ccc(C2(NC(=O)NCCN3CCOCC3)CC2)cc1. The van der Waals surface area contributed by atoms with Gasteiger partial charge in [-0.25, -0.2) is 4.79 Å². The topological polar surface area (TPSA) is 62.8 Å². The zero-order chi connectivity index (χ0) is 16.1. The first-order valence-electron chi connectivity index (χ1n) is 8.22. The van der Waals surface area contributed by atoms with E-state index in [1.807, 2.05) is 24.3 Å². The normalized spacial score (nSPS) is 19.9. The highest BCUT2D eigenvalue weighted by atomic mass is 16.5. The molecule has 126 valence electrons. The summed E-state index contributed by atoms with van der Waals surface area (Å²) >= 11 is 0. The van der Waals surface area contributed by atoms with Gasteiger partial charge in [0.2, 0.25) is 0 Å².